The summed E-state index contributed by atoms with van der Waals surface area (Å²) in [5, 5.41) is 7.41. The van der Waals surface area contributed by atoms with Gasteiger partial charge in [0, 0.05) is 24.9 Å². The Kier molecular flexibility index (Phi) is 10.3. The number of nitrogens with zero attached hydrogens (tertiary/aromatic N) is 1. The highest BCUT2D eigenvalue weighted by Gasteiger charge is 2.15. The van der Waals surface area contributed by atoms with Crippen LogP contribution in [0.1, 0.15) is 19.8 Å². The second-order valence-corrected chi connectivity index (χ2v) is 6.98. The molecule has 0 bridgehead atoms. The molecule has 0 spiro atoms. The fourth-order valence-electron chi connectivity index (χ4n) is 2.43. The Labute approximate surface area is 166 Å². The monoisotopic (exact) mass is 465 g/mol. The number of aliphatic imine (C=N–C) groups is 1. The van der Waals surface area contributed by atoms with Gasteiger partial charge < -0.3 is 20.1 Å². The van der Waals surface area contributed by atoms with Crippen molar-refractivity contribution < 1.29 is 9.47 Å². The van der Waals surface area contributed by atoms with E-state index in [2.05, 4.69) is 15.6 Å². The molecular formula is C17H28IN3O2S. The van der Waals surface area contributed by atoms with Gasteiger partial charge in [-0.05, 0) is 37.7 Å². The van der Waals surface area contributed by atoms with Crippen LogP contribution in [0.2, 0.25) is 0 Å². The Morgan fingerprint density at radius 3 is 2.83 bits per heavy atom. The van der Waals surface area contributed by atoms with Crippen LogP contribution in [0.5, 0.6) is 11.5 Å². The van der Waals surface area contributed by atoms with Crippen molar-refractivity contribution in [2.24, 2.45) is 4.99 Å². The molecule has 1 aliphatic heterocycles. The first-order chi connectivity index (χ1) is 11.2. The van der Waals surface area contributed by atoms with E-state index in [1.807, 2.05) is 43.0 Å². The Morgan fingerprint density at radius 2 is 2.17 bits per heavy atom. The highest BCUT2D eigenvalue weighted by atomic mass is 127. The molecule has 2 N–H and O–H groups in total. The summed E-state index contributed by atoms with van der Waals surface area (Å²) in [6.45, 7) is 3.69. The van der Waals surface area contributed by atoms with Crippen molar-refractivity contribution in [3.05, 3.63) is 24.3 Å². The number of hydrogen-bond acceptors (Lipinski definition) is 4. The lowest BCUT2D eigenvalue weighted by atomic mass is 10.2. The molecule has 7 heteroatoms. The Balaban J connectivity index is 0.00000288. The van der Waals surface area contributed by atoms with E-state index in [1.54, 1.807) is 14.2 Å². The molecule has 0 saturated carbocycles. The fraction of sp³-hybridized carbons (Fsp3) is 0.588. The minimum Gasteiger partial charge on any atom is -0.497 e. The van der Waals surface area contributed by atoms with Crippen molar-refractivity contribution in [1.82, 2.24) is 10.6 Å². The molecule has 0 radical (unpaired) electrons. The van der Waals surface area contributed by atoms with Gasteiger partial charge in [-0.1, -0.05) is 6.07 Å². The Morgan fingerprint density at radius 1 is 1.38 bits per heavy atom. The second kappa shape index (κ2) is 11.7. The number of methoxy groups -OCH3 is 1. The Hall–Kier alpha value is -0.830. The maximum Gasteiger partial charge on any atom is 0.191 e. The zero-order valence-electron chi connectivity index (χ0n) is 14.6. The van der Waals surface area contributed by atoms with Crippen LogP contribution in [-0.2, 0) is 0 Å². The molecule has 1 aromatic rings. The van der Waals surface area contributed by atoms with Crippen LogP contribution in [0.3, 0.4) is 0 Å². The smallest absolute Gasteiger partial charge is 0.191 e. The van der Waals surface area contributed by atoms with Crippen LogP contribution in [0.25, 0.3) is 0 Å². The molecule has 2 atom stereocenters. The quantitative estimate of drug-likeness (QED) is 0.368. The van der Waals surface area contributed by atoms with Crippen molar-refractivity contribution in [3.8, 4) is 11.5 Å². The van der Waals surface area contributed by atoms with E-state index >= 15 is 0 Å². The van der Waals surface area contributed by atoms with Crippen molar-refractivity contribution in [1.29, 1.82) is 0 Å². The zero-order valence-corrected chi connectivity index (χ0v) is 17.7. The lowest BCUT2D eigenvalue weighted by Crippen LogP contribution is -2.43. The first kappa shape index (κ1) is 21.2. The van der Waals surface area contributed by atoms with Gasteiger partial charge in [0.25, 0.3) is 0 Å². The topological polar surface area (TPSA) is 54.9 Å². The average Bonchev–Trinajstić information content (AvgIpc) is 3.08. The minimum atomic E-state index is 0. The number of ether oxygens (including phenoxy) is 2. The Bertz CT molecular complexity index is 510. The molecule has 5 nitrogen and oxygen atoms in total. The SMILES string of the molecule is CN=C(NCC(C)Oc1cccc(OC)c1)NCC1CCCS1.I. The zero-order chi connectivity index (χ0) is 16.5. The molecule has 0 aromatic heterocycles. The van der Waals surface area contributed by atoms with Crippen LogP contribution in [0.15, 0.2) is 29.3 Å². The molecule has 0 amide bonds. The van der Waals surface area contributed by atoms with Crippen LogP contribution in [0.4, 0.5) is 0 Å². The van der Waals surface area contributed by atoms with Gasteiger partial charge >= 0.3 is 0 Å². The minimum absolute atomic E-state index is 0. The number of nitrogens with one attached hydrogen (secondary N) is 2. The number of thioether (sulfide) groups is 1. The van der Waals surface area contributed by atoms with E-state index in [9.17, 15) is 0 Å². The van der Waals surface area contributed by atoms with Crippen molar-refractivity contribution >= 4 is 41.7 Å². The molecule has 2 unspecified atom stereocenters. The van der Waals surface area contributed by atoms with E-state index in [4.69, 9.17) is 9.47 Å². The summed E-state index contributed by atoms with van der Waals surface area (Å²) in [6.07, 6.45) is 2.65. The van der Waals surface area contributed by atoms with Crippen LogP contribution in [0, 0.1) is 0 Å². The van der Waals surface area contributed by atoms with E-state index in [-0.39, 0.29) is 30.1 Å². The summed E-state index contributed by atoms with van der Waals surface area (Å²) in [6, 6.07) is 7.65. The molecule has 1 aliphatic rings. The van der Waals surface area contributed by atoms with Gasteiger partial charge in [0.15, 0.2) is 5.96 Å². The van der Waals surface area contributed by atoms with Gasteiger partial charge in [-0.15, -0.1) is 24.0 Å². The summed E-state index contributed by atoms with van der Waals surface area (Å²) < 4.78 is 11.1. The van der Waals surface area contributed by atoms with Gasteiger partial charge in [0.2, 0.25) is 0 Å². The molecule has 1 saturated heterocycles. The number of benzene rings is 1. The summed E-state index contributed by atoms with van der Waals surface area (Å²) in [5.41, 5.74) is 0. The first-order valence-corrected chi connectivity index (χ1v) is 9.13. The molecule has 1 heterocycles. The van der Waals surface area contributed by atoms with E-state index in [0.29, 0.717) is 11.8 Å². The lowest BCUT2D eigenvalue weighted by molar-refractivity contribution is 0.223. The molecule has 1 aromatic carbocycles. The van der Waals surface area contributed by atoms with E-state index < -0.39 is 0 Å². The summed E-state index contributed by atoms with van der Waals surface area (Å²) in [5.74, 6) is 3.72. The number of hydrogen-bond donors (Lipinski definition) is 2. The highest BCUT2D eigenvalue weighted by molar-refractivity contribution is 14.0. The molecule has 0 aliphatic carbocycles. The summed E-state index contributed by atoms with van der Waals surface area (Å²) in [7, 11) is 3.45. The largest absolute Gasteiger partial charge is 0.497 e. The van der Waals surface area contributed by atoms with Crippen LogP contribution in [-0.4, -0.2) is 50.3 Å². The third-order valence-electron chi connectivity index (χ3n) is 3.68. The highest BCUT2D eigenvalue weighted by Crippen LogP contribution is 2.25. The number of guanidine groups is 1. The molecule has 2 rings (SSSR count). The predicted octanol–water partition coefficient (Wildman–Crippen LogP) is 3.14. The standard InChI is InChI=1S/C17H27N3O2S.HI/c1-13(22-15-7-4-6-14(10-15)21-3)11-19-17(18-2)20-12-16-8-5-9-23-16;/h4,6-7,10,13,16H,5,8-9,11-12H2,1-3H3,(H2,18,19,20);1H. The number of rotatable bonds is 7. The molecule has 24 heavy (non-hydrogen) atoms. The van der Waals surface area contributed by atoms with E-state index in [1.165, 1.54) is 18.6 Å². The van der Waals surface area contributed by atoms with Gasteiger partial charge in [0.1, 0.15) is 17.6 Å². The summed E-state index contributed by atoms with van der Waals surface area (Å²) >= 11 is 2.04. The van der Waals surface area contributed by atoms with Crippen molar-refractivity contribution in [2.45, 2.75) is 31.1 Å². The predicted molar refractivity (Wildman–Crippen MR) is 113 cm³/mol. The van der Waals surface area contributed by atoms with Gasteiger partial charge in [0.05, 0.1) is 13.7 Å². The molecule has 136 valence electrons. The van der Waals surface area contributed by atoms with Gasteiger partial charge in [-0.25, -0.2) is 0 Å². The van der Waals surface area contributed by atoms with Crippen molar-refractivity contribution in [2.75, 3.05) is 33.0 Å². The second-order valence-electron chi connectivity index (χ2n) is 5.58. The van der Waals surface area contributed by atoms with Gasteiger partial charge in [-0.3, -0.25) is 4.99 Å². The lowest BCUT2D eigenvalue weighted by Gasteiger charge is -2.19. The molecular weight excluding hydrogens is 437 g/mol. The fourth-order valence-corrected chi connectivity index (χ4v) is 3.63. The van der Waals surface area contributed by atoms with Gasteiger partial charge in [-0.2, -0.15) is 11.8 Å². The molecule has 1 fully saturated rings. The normalized spacial score (nSPS) is 18.5. The van der Waals surface area contributed by atoms with Crippen molar-refractivity contribution in [3.63, 3.8) is 0 Å². The first-order valence-electron chi connectivity index (χ1n) is 8.08. The third kappa shape index (κ3) is 7.38. The maximum absolute atomic E-state index is 5.90. The third-order valence-corrected chi connectivity index (χ3v) is 5.08. The maximum atomic E-state index is 5.90. The van der Waals surface area contributed by atoms with Crippen LogP contribution < -0.4 is 20.1 Å². The summed E-state index contributed by atoms with van der Waals surface area (Å²) in [4.78, 5) is 4.26. The number of halogens is 1. The average molecular weight is 465 g/mol. The van der Waals surface area contributed by atoms with Crippen LogP contribution >= 0.6 is 35.7 Å². The van der Waals surface area contributed by atoms with E-state index in [0.717, 1.165) is 24.0 Å².